The number of carboxylic acids is 1. The zero-order chi connectivity index (χ0) is 10.0. The maximum atomic E-state index is 11.0. The molecule has 6 nitrogen and oxygen atoms in total. The molecule has 2 N–H and O–H groups in total. The van der Waals surface area contributed by atoms with Crippen molar-refractivity contribution in [3.63, 3.8) is 0 Å². The molecule has 13 heavy (non-hydrogen) atoms. The van der Waals surface area contributed by atoms with Crippen molar-refractivity contribution in [2.24, 2.45) is 5.92 Å². The van der Waals surface area contributed by atoms with Crippen LogP contribution in [0.1, 0.15) is 6.42 Å². The van der Waals surface area contributed by atoms with E-state index in [1.54, 1.807) is 0 Å². The van der Waals surface area contributed by atoms with Crippen LogP contribution < -0.4 is 5.32 Å². The van der Waals surface area contributed by atoms with E-state index in [1.807, 2.05) is 0 Å². The van der Waals surface area contributed by atoms with Crippen LogP contribution in [0, 0.1) is 5.92 Å². The summed E-state index contributed by atoms with van der Waals surface area (Å²) < 4.78 is 4.37. The lowest BCUT2D eigenvalue weighted by Gasteiger charge is -2.11. The van der Waals surface area contributed by atoms with Crippen molar-refractivity contribution in [2.75, 3.05) is 7.11 Å². The standard InChI is InChI=1S/C7H9NO5/c1-13-7(12)3-2-4(9)8-5(3)6(10)11/h3,5H,2H2,1H3,(H,8,9)(H,10,11)/t3?,5-/m0/s1. The van der Waals surface area contributed by atoms with Crippen LogP contribution in [0.25, 0.3) is 0 Å². The average molecular weight is 187 g/mol. The lowest BCUT2D eigenvalue weighted by Crippen LogP contribution is -2.39. The first kappa shape index (κ1) is 9.50. The molecule has 1 amide bonds. The van der Waals surface area contributed by atoms with E-state index < -0.39 is 29.8 Å². The van der Waals surface area contributed by atoms with Gasteiger partial charge >= 0.3 is 11.9 Å². The van der Waals surface area contributed by atoms with Crippen LogP contribution in [0.15, 0.2) is 0 Å². The second-order valence-corrected chi connectivity index (χ2v) is 2.72. The number of carbonyl (C=O) groups is 3. The summed E-state index contributed by atoms with van der Waals surface area (Å²) in [4.78, 5) is 32.4. The molecule has 1 aliphatic heterocycles. The quantitative estimate of drug-likeness (QED) is 0.527. The Hall–Kier alpha value is -1.59. The summed E-state index contributed by atoms with van der Waals surface area (Å²) in [6, 6.07) is -1.15. The maximum Gasteiger partial charge on any atom is 0.327 e. The smallest absolute Gasteiger partial charge is 0.327 e. The molecule has 1 saturated heterocycles. The van der Waals surface area contributed by atoms with Gasteiger partial charge in [0.05, 0.1) is 13.0 Å². The summed E-state index contributed by atoms with van der Waals surface area (Å²) in [5.74, 6) is -3.25. The van der Waals surface area contributed by atoms with Crippen LogP contribution in [0.2, 0.25) is 0 Å². The topological polar surface area (TPSA) is 92.7 Å². The van der Waals surface area contributed by atoms with Crippen molar-refractivity contribution >= 4 is 17.8 Å². The number of amides is 1. The Balaban J connectivity index is 2.77. The summed E-state index contributed by atoms with van der Waals surface area (Å²) in [6.07, 6.45) is -0.121. The monoisotopic (exact) mass is 187 g/mol. The molecule has 1 unspecified atom stereocenters. The SMILES string of the molecule is COC(=O)C1CC(=O)N[C@@H]1C(=O)O. The molecule has 2 atom stereocenters. The highest BCUT2D eigenvalue weighted by molar-refractivity contribution is 5.95. The van der Waals surface area contributed by atoms with E-state index in [2.05, 4.69) is 10.1 Å². The van der Waals surface area contributed by atoms with Gasteiger partial charge in [0.15, 0.2) is 0 Å². The largest absolute Gasteiger partial charge is 0.480 e. The normalized spacial score (nSPS) is 26.7. The molecule has 1 rings (SSSR count). The van der Waals surface area contributed by atoms with E-state index in [0.717, 1.165) is 7.11 Å². The zero-order valence-electron chi connectivity index (χ0n) is 6.94. The summed E-state index contributed by atoms with van der Waals surface area (Å²) in [7, 11) is 1.16. The third-order valence-corrected chi connectivity index (χ3v) is 1.89. The fourth-order valence-electron chi connectivity index (χ4n) is 1.26. The first-order valence-electron chi connectivity index (χ1n) is 3.66. The molecule has 0 bridgehead atoms. The van der Waals surface area contributed by atoms with Crippen LogP contribution >= 0.6 is 0 Å². The van der Waals surface area contributed by atoms with E-state index in [1.165, 1.54) is 0 Å². The molecule has 0 aromatic rings. The Labute approximate surface area is 73.9 Å². The Morgan fingerprint density at radius 3 is 2.69 bits per heavy atom. The molecule has 0 saturated carbocycles. The minimum absolute atomic E-state index is 0.121. The number of hydrogen-bond donors (Lipinski definition) is 2. The Morgan fingerprint density at radius 1 is 1.62 bits per heavy atom. The van der Waals surface area contributed by atoms with Gasteiger partial charge in [0.2, 0.25) is 5.91 Å². The van der Waals surface area contributed by atoms with Gasteiger partial charge in [-0.3, -0.25) is 9.59 Å². The lowest BCUT2D eigenvalue weighted by molar-refractivity contribution is -0.151. The molecule has 0 aliphatic carbocycles. The molecule has 0 radical (unpaired) electrons. The Morgan fingerprint density at radius 2 is 2.23 bits per heavy atom. The second-order valence-electron chi connectivity index (χ2n) is 2.72. The van der Waals surface area contributed by atoms with Crippen LogP contribution in [0.4, 0.5) is 0 Å². The number of aliphatic carboxylic acids is 1. The average Bonchev–Trinajstić information content (AvgIpc) is 2.46. The first-order chi connectivity index (χ1) is 6.06. The molecule has 1 aliphatic rings. The van der Waals surface area contributed by atoms with Crippen molar-refractivity contribution in [3.05, 3.63) is 0 Å². The number of nitrogens with one attached hydrogen (secondary N) is 1. The van der Waals surface area contributed by atoms with Gasteiger partial charge in [-0.25, -0.2) is 4.79 Å². The molecule has 72 valence electrons. The van der Waals surface area contributed by atoms with Crippen LogP contribution in [0.3, 0.4) is 0 Å². The second kappa shape index (κ2) is 3.42. The minimum Gasteiger partial charge on any atom is -0.480 e. The highest BCUT2D eigenvalue weighted by Gasteiger charge is 2.42. The molecule has 6 heteroatoms. The first-order valence-corrected chi connectivity index (χ1v) is 3.66. The van der Waals surface area contributed by atoms with Gasteiger partial charge in [-0.15, -0.1) is 0 Å². The number of esters is 1. The van der Waals surface area contributed by atoms with Gasteiger partial charge < -0.3 is 15.2 Å². The number of hydrogen-bond acceptors (Lipinski definition) is 4. The van der Waals surface area contributed by atoms with E-state index in [-0.39, 0.29) is 6.42 Å². The highest BCUT2D eigenvalue weighted by Crippen LogP contribution is 2.18. The van der Waals surface area contributed by atoms with Crippen molar-refractivity contribution in [2.45, 2.75) is 12.5 Å². The van der Waals surface area contributed by atoms with Gasteiger partial charge in [-0.2, -0.15) is 0 Å². The van der Waals surface area contributed by atoms with Gasteiger partial charge in [0.25, 0.3) is 0 Å². The molecule has 1 fully saturated rings. The van der Waals surface area contributed by atoms with E-state index in [0.29, 0.717) is 0 Å². The fraction of sp³-hybridized carbons (Fsp3) is 0.571. The molecular weight excluding hydrogens is 178 g/mol. The number of rotatable bonds is 2. The molecule has 0 spiro atoms. The molecule has 0 aromatic heterocycles. The number of carbonyl (C=O) groups excluding carboxylic acids is 2. The van der Waals surface area contributed by atoms with Crippen LogP contribution in [-0.4, -0.2) is 36.1 Å². The van der Waals surface area contributed by atoms with Gasteiger partial charge in [-0.1, -0.05) is 0 Å². The van der Waals surface area contributed by atoms with Gasteiger partial charge in [0, 0.05) is 6.42 Å². The van der Waals surface area contributed by atoms with E-state index >= 15 is 0 Å². The number of carboxylic acid groups (broad SMARTS) is 1. The third kappa shape index (κ3) is 1.77. The molecule has 0 aromatic carbocycles. The third-order valence-electron chi connectivity index (χ3n) is 1.89. The van der Waals surface area contributed by atoms with Gasteiger partial charge in [0.1, 0.15) is 6.04 Å². The van der Waals surface area contributed by atoms with Crippen molar-refractivity contribution in [1.29, 1.82) is 0 Å². The summed E-state index contributed by atoms with van der Waals surface area (Å²) >= 11 is 0. The van der Waals surface area contributed by atoms with Gasteiger partial charge in [-0.05, 0) is 0 Å². The van der Waals surface area contributed by atoms with E-state index in [9.17, 15) is 14.4 Å². The summed E-state index contributed by atoms with van der Waals surface area (Å²) in [6.45, 7) is 0. The van der Waals surface area contributed by atoms with Crippen molar-refractivity contribution in [3.8, 4) is 0 Å². The predicted molar refractivity (Wildman–Crippen MR) is 39.7 cm³/mol. The maximum absolute atomic E-state index is 11.0. The molecular formula is C7H9NO5. The summed E-state index contributed by atoms with van der Waals surface area (Å²) in [5, 5.41) is 10.8. The zero-order valence-corrected chi connectivity index (χ0v) is 6.94. The lowest BCUT2D eigenvalue weighted by atomic mass is 10.0. The number of ether oxygens (including phenoxy) is 1. The van der Waals surface area contributed by atoms with E-state index in [4.69, 9.17) is 5.11 Å². The van der Waals surface area contributed by atoms with Crippen molar-refractivity contribution in [1.82, 2.24) is 5.32 Å². The summed E-state index contributed by atoms with van der Waals surface area (Å²) in [5.41, 5.74) is 0. The predicted octanol–water partition coefficient (Wildman–Crippen LogP) is -1.25. The Bertz CT molecular complexity index is 262. The Kier molecular flexibility index (Phi) is 2.50. The minimum atomic E-state index is -1.22. The number of methoxy groups -OCH3 is 1. The fourth-order valence-corrected chi connectivity index (χ4v) is 1.26. The highest BCUT2D eigenvalue weighted by atomic mass is 16.5. The van der Waals surface area contributed by atoms with Crippen molar-refractivity contribution < 1.29 is 24.2 Å². The van der Waals surface area contributed by atoms with Crippen LogP contribution in [-0.2, 0) is 19.1 Å². The van der Waals surface area contributed by atoms with Crippen LogP contribution in [0.5, 0.6) is 0 Å². The molecule has 1 heterocycles.